The van der Waals surface area contributed by atoms with E-state index in [9.17, 15) is 0 Å². The standard InChI is InChI=1S/C24H45N2/c1-3-5-7-9-10-11-12-14-16-18-23(17-15-13-8-6-4-2)19-20-24-25-21-22-26-24/h21-23H,3-20H2,1-2H3/q+1. The maximum Gasteiger partial charge on any atom is 0.240 e. The van der Waals surface area contributed by atoms with E-state index in [4.69, 9.17) is 0 Å². The van der Waals surface area contributed by atoms with Crippen molar-refractivity contribution in [1.29, 1.82) is 0 Å². The van der Waals surface area contributed by atoms with E-state index >= 15 is 0 Å². The summed E-state index contributed by atoms with van der Waals surface area (Å²) in [5.74, 6) is 0.889. The van der Waals surface area contributed by atoms with Crippen LogP contribution in [0, 0.1) is 12.1 Å². The van der Waals surface area contributed by atoms with Crippen LogP contribution in [-0.2, 0) is 0 Å². The normalized spacial score (nSPS) is 14.5. The van der Waals surface area contributed by atoms with E-state index in [2.05, 4.69) is 23.8 Å². The molecule has 1 aliphatic rings. The molecule has 0 saturated heterocycles. The van der Waals surface area contributed by atoms with E-state index in [1.807, 2.05) is 12.4 Å². The van der Waals surface area contributed by atoms with Crippen molar-refractivity contribution in [2.75, 3.05) is 0 Å². The Balaban J connectivity index is 2.08. The molecular weight excluding hydrogens is 316 g/mol. The minimum atomic E-state index is 0.889. The third-order valence-electron chi connectivity index (χ3n) is 5.72. The van der Waals surface area contributed by atoms with Gasteiger partial charge in [-0.25, -0.2) is 0 Å². The second-order valence-corrected chi connectivity index (χ2v) is 8.20. The van der Waals surface area contributed by atoms with Gasteiger partial charge in [0.25, 0.3) is 0 Å². The molecule has 1 atom stereocenters. The number of aliphatic imine (C=N–C) groups is 2. The predicted octanol–water partition coefficient (Wildman–Crippen LogP) is 8.31. The van der Waals surface area contributed by atoms with Crippen molar-refractivity contribution in [3.8, 4) is 0 Å². The van der Waals surface area contributed by atoms with Crippen LogP contribution >= 0.6 is 0 Å². The van der Waals surface area contributed by atoms with E-state index in [1.165, 1.54) is 109 Å². The predicted molar refractivity (Wildman–Crippen MR) is 118 cm³/mol. The summed E-state index contributed by atoms with van der Waals surface area (Å²) in [6.07, 6.45) is 29.8. The maximum atomic E-state index is 4.35. The first-order valence-electron chi connectivity index (χ1n) is 11.8. The van der Waals surface area contributed by atoms with Crippen molar-refractivity contribution in [1.82, 2.24) is 0 Å². The molecule has 0 aromatic rings. The smallest absolute Gasteiger partial charge is 0.0968 e. The molecule has 0 amide bonds. The molecule has 0 radical (unpaired) electrons. The first kappa shape index (κ1) is 23.2. The van der Waals surface area contributed by atoms with Gasteiger partial charge in [-0.05, 0) is 12.3 Å². The maximum absolute atomic E-state index is 4.35. The third kappa shape index (κ3) is 13.4. The van der Waals surface area contributed by atoms with Crippen LogP contribution in [0.15, 0.2) is 9.98 Å². The summed E-state index contributed by atoms with van der Waals surface area (Å²) in [6, 6.07) is 0. The van der Waals surface area contributed by atoms with Crippen LogP contribution in [0.25, 0.3) is 0 Å². The lowest BCUT2D eigenvalue weighted by atomic mass is 9.90. The number of nitrogens with zero attached hydrogens (tertiary/aromatic N) is 2. The van der Waals surface area contributed by atoms with Crippen LogP contribution in [0.4, 0.5) is 0 Å². The van der Waals surface area contributed by atoms with Gasteiger partial charge in [-0.2, -0.15) is 0 Å². The summed E-state index contributed by atoms with van der Waals surface area (Å²) >= 11 is 0. The molecule has 0 saturated carbocycles. The van der Waals surface area contributed by atoms with Crippen molar-refractivity contribution >= 4 is 12.4 Å². The van der Waals surface area contributed by atoms with Crippen LogP contribution in [0.3, 0.4) is 0 Å². The summed E-state index contributed by atoms with van der Waals surface area (Å²) in [6.45, 7) is 4.59. The van der Waals surface area contributed by atoms with Gasteiger partial charge in [-0.1, -0.05) is 127 Å². The molecule has 1 heterocycles. The van der Waals surface area contributed by atoms with E-state index in [1.54, 1.807) is 0 Å². The van der Waals surface area contributed by atoms with Crippen LogP contribution < -0.4 is 0 Å². The van der Waals surface area contributed by atoms with E-state index in [-0.39, 0.29) is 0 Å². The molecule has 1 aliphatic heterocycles. The van der Waals surface area contributed by atoms with E-state index in [0.29, 0.717) is 0 Å². The molecule has 0 spiro atoms. The zero-order valence-electron chi connectivity index (χ0n) is 17.9. The topological polar surface area (TPSA) is 24.7 Å². The Hall–Kier alpha value is -0.790. The lowest BCUT2D eigenvalue weighted by Crippen LogP contribution is -2.03. The number of hydrogen-bond donors (Lipinski definition) is 0. The Morgan fingerprint density at radius 2 is 1.00 bits per heavy atom. The second-order valence-electron chi connectivity index (χ2n) is 8.20. The number of rotatable bonds is 19. The Bertz CT molecular complexity index is 336. The van der Waals surface area contributed by atoms with Gasteiger partial charge in [-0.3, -0.25) is 0 Å². The SMILES string of the molecule is CCCCCCCCCCCC(CCCCCCC)CC[C+]1N=CC=N1. The molecule has 0 aliphatic carbocycles. The minimum absolute atomic E-state index is 0.889. The Labute approximate surface area is 164 Å². The van der Waals surface area contributed by atoms with Gasteiger partial charge in [0, 0.05) is 0 Å². The molecule has 26 heavy (non-hydrogen) atoms. The molecule has 0 bridgehead atoms. The molecule has 1 unspecified atom stereocenters. The molecular formula is C24H45N2+. The Morgan fingerprint density at radius 1 is 0.577 bits per heavy atom. The molecule has 0 aromatic heterocycles. The molecule has 0 N–H and O–H groups in total. The Morgan fingerprint density at radius 3 is 1.46 bits per heavy atom. The van der Waals surface area contributed by atoms with Crippen LogP contribution in [0.2, 0.25) is 0 Å². The summed E-state index contributed by atoms with van der Waals surface area (Å²) in [4.78, 5) is 8.70. The second kappa shape index (κ2) is 17.6. The lowest BCUT2D eigenvalue weighted by Gasteiger charge is -2.16. The number of unbranched alkanes of at least 4 members (excludes halogenated alkanes) is 12. The number of hydrogen-bond acceptors (Lipinski definition) is 2. The molecule has 0 fully saturated rings. The van der Waals surface area contributed by atoms with Crippen molar-refractivity contribution < 1.29 is 0 Å². The fourth-order valence-electron chi connectivity index (χ4n) is 3.95. The average Bonchev–Trinajstić information content (AvgIpc) is 3.17. The largest absolute Gasteiger partial charge is 0.240 e. The highest BCUT2D eigenvalue weighted by Crippen LogP contribution is 2.27. The monoisotopic (exact) mass is 361 g/mol. The van der Waals surface area contributed by atoms with Gasteiger partial charge in [0.2, 0.25) is 6.17 Å². The highest BCUT2D eigenvalue weighted by atomic mass is 15.0. The lowest BCUT2D eigenvalue weighted by molar-refractivity contribution is 0.374. The van der Waals surface area contributed by atoms with Gasteiger partial charge < -0.3 is 0 Å². The van der Waals surface area contributed by atoms with Crippen molar-refractivity contribution in [3.05, 3.63) is 6.17 Å². The minimum Gasteiger partial charge on any atom is -0.0968 e. The highest BCUT2D eigenvalue weighted by Gasteiger charge is 2.18. The summed E-state index contributed by atoms with van der Waals surface area (Å²) in [5, 5.41) is 0. The average molecular weight is 362 g/mol. The van der Waals surface area contributed by atoms with E-state index < -0.39 is 0 Å². The van der Waals surface area contributed by atoms with Gasteiger partial charge in [-0.15, -0.1) is 0 Å². The molecule has 2 nitrogen and oxygen atoms in total. The van der Waals surface area contributed by atoms with Gasteiger partial charge in [0.05, 0.1) is 6.42 Å². The molecule has 1 rings (SSSR count). The van der Waals surface area contributed by atoms with Crippen LogP contribution in [-0.4, -0.2) is 12.4 Å². The molecule has 2 heteroatoms. The third-order valence-corrected chi connectivity index (χ3v) is 5.72. The van der Waals surface area contributed by atoms with E-state index in [0.717, 1.165) is 18.5 Å². The fourth-order valence-corrected chi connectivity index (χ4v) is 3.95. The zero-order chi connectivity index (χ0) is 18.7. The molecule has 0 aromatic carbocycles. The Kier molecular flexibility index (Phi) is 15.8. The zero-order valence-corrected chi connectivity index (χ0v) is 17.9. The fraction of sp³-hybridized carbons (Fsp3) is 0.875. The molecule has 150 valence electrons. The van der Waals surface area contributed by atoms with Crippen molar-refractivity contribution in [2.45, 2.75) is 129 Å². The summed E-state index contributed by atoms with van der Waals surface area (Å²) in [7, 11) is 0. The van der Waals surface area contributed by atoms with Gasteiger partial charge in [0.1, 0.15) is 0 Å². The summed E-state index contributed by atoms with van der Waals surface area (Å²) < 4.78 is 0. The van der Waals surface area contributed by atoms with Crippen molar-refractivity contribution in [2.24, 2.45) is 15.9 Å². The summed E-state index contributed by atoms with van der Waals surface area (Å²) in [5.41, 5.74) is 0. The highest BCUT2D eigenvalue weighted by molar-refractivity contribution is 6.18. The quantitative estimate of drug-likeness (QED) is 0.163. The van der Waals surface area contributed by atoms with Crippen LogP contribution in [0.1, 0.15) is 129 Å². The first-order chi connectivity index (χ1) is 12.9. The van der Waals surface area contributed by atoms with Gasteiger partial charge >= 0.3 is 0 Å². The van der Waals surface area contributed by atoms with Crippen molar-refractivity contribution in [3.63, 3.8) is 0 Å². The van der Waals surface area contributed by atoms with Crippen LogP contribution in [0.5, 0.6) is 0 Å². The first-order valence-corrected chi connectivity index (χ1v) is 11.8. The van der Waals surface area contributed by atoms with Gasteiger partial charge in [0.15, 0.2) is 12.4 Å².